The molecule has 0 radical (unpaired) electrons. The second kappa shape index (κ2) is 3.77. The van der Waals surface area contributed by atoms with Gasteiger partial charge in [0.1, 0.15) is 0 Å². The van der Waals surface area contributed by atoms with Crippen molar-refractivity contribution < 1.29 is 0 Å². The average molecular weight is 229 g/mol. The highest BCUT2D eigenvalue weighted by molar-refractivity contribution is 6.64. The Balaban J connectivity index is 2.77. The summed E-state index contributed by atoms with van der Waals surface area (Å²) in [5, 5.41) is 11.2. The first-order chi connectivity index (χ1) is 5.54. The van der Waals surface area contributed by atoms with Gasteiger partial charge in [0, 0.05) is 6.42 Å². The predicted octanol–water partition coefficient (Wildman–Crippen LogP) is 1.91. The molecule has 0 amide bonds. The van der Waals surface area contributed by atoms with Crippen LogP contribution in [0, 0.1) is 0 Å². The van der Waals surface area contributed by atoms with Crippen LogP contribution in [0.25, 0.3) is 0 Å². The zero-order valence-corrected chi connectivity index (χ0v) is 8.60. The third-order valence-electron chi connectivity index (χ3n) is 1.16. The lowest BCUT2D eigenvalue weighted by molar-refractivity contribution is 0.557. The molecule has 4 nitrogen and oxygen atoms in total. The summed E-state index contributed by atoms with van der Waals surface area (Å²) in [6, 6.07) is 0. The predicted molar refractivity (Wildman–Crippen MR) is 47.3 cm³/mol. The minimum absolute atomic E-state index is 0.587. The van der Waals surface area contributed by atoms with Crippen molar-refractivity contribution in [2.75, 3.05) is 0 Å². The smallest absolute Gasteiger partial charge is 0.132 e. The number of nitrogens with zero attached hydrogens (tertiary/aromatic N) is 4. The molecule has 1 rings (SSSR count). The number of halogens is 3. The van der Waals surface area contributed by atoms with Crippen molar-refractivity contribution in [3.63, 3.8) is 0 Å². The van der Waals surface area contributed by atoms with Gasteiger partial charge < -0.3 is 0 Å². The lowest BCUT2D eigenvalue weighted by atomic mass is 10.3. The Labute approximate surface area is 84.8 Å². The van der Waals surface area contributed by atoms with Gasteiger partial charge >= 0.3 is 3.92 Å². The molecular formula is C5H7Cl3N4. The minimum Gasteiger partial charge on any atom is -0.132 e. The normalized spacial score (nSPS) is 12.0. The first-order valence-electron chi connectivity index (χ1n) is 3.40. The molecule has 12 heavy (non-hydrogen) atoms. The topological polar surface area (TPSA) is 43.6 Å². The largest absolute Gasteiger partial charge is 0.305 e. The number of alkyl halides is 3. The molecule has 0 spiro atoms. The van der Waals surface area contributed by atoms with Gasteiger partial charge in [-0.1, -0.05) is 41.7 Å². The zero-order valence-electron chi connectivity index (χ0n) is 6.34. The van der Waals surface area contributed by atoms with Crippen LogP contribution in [0.3, 0.4) is 0 Å². The van der Waals surface area contributed by atoms with E-state index < -0.39 is 3.92 Å². The third-order valence-corrected chi connectivity index (χ3v) is 1.61. The molecule has 0 aliphatic rings. The van der Waals surface area contributed by atoms with Crippen molar-refractivity contribution in [3.05, 3.63) is 5.82 Å². The van der Waals surface area contributed by atoms with E-state index >= 15 is 0 Å². The van der Waals surface area contributed by atoms with Crippen LogP contribution >= 0.6 is 34.8 Å². The minimum atomic E-state index is -1.64. The van der Waals surface area contributed by atoms with Crippen molar-refractivity contribution in [1.29, 1.82) is 0 Å². The summed E-state index contributed by atoms with van der Waals surface area (Å²) in [7, 11) is 0. The first kappa shape index (κ1) is 10.0. The Hall–Kier alpha value is -0.0600. The summed E-state index contributed by atoms with van der Waals surface area (Å²) < 4.78 is -1.64. The molecule has 1 heterocycles. The van der Waals surface area contributed by atoms with E-state index in [1.807, 2.05) is 6.92 Å². The molecule has 0 aliphatic heterocycles. The van der Waals surface area contributed by atoms with Gasteiger partial charge in [0.15, 0.2) is 5.82 Å². The standard InChI is InChI=1S/C5H7Cl3N4/c1-2-3-4-9-11-12(10-4)5(6,7)8/h2-3H2,1H3. The van der Waals surface area contributed by atoms with E-state index in [2.05, 4.69) is 15.4 Å². The lowest BCUT2D eigenvalue weighted by Crippen LogP contribution is -2.16. The van der Waals surface area contributed by atoms with Crippen molar-refractivity contribution in [1.82, 2.24) is 20.2 Å². The van der Waals surface area contributed by atoms with Crippen molar-refractivity contribution >= 4 is 34.8 Å². The maximum Gasteiger partial charge on any atom is 0.305 e. The van der Waals surface area contributed by atoms with Crippen molar-refractivity contribution in [2.45, 2.75) is 23.7 Å². The molecule has 1 aromatic rings. The van der Waals surface area contributed by atoms with Gasteiger partial charge in [-0.25, -0.2) is 0 Å². The maximum atomic E-state index is 5.50. The second-order valence-corrected chi connectivity index (χ2v) is 4.43. The quantitative estimate of drug-likeness (QED) is 0.728. The van der Waals surface area contributed by atoms with Crippen molar-refractivity contribution in [3.8, 4) is 0 Å². The van der Waals surface area contributed by atoms with E-state index in [-0.39, 0.29) is 0 Å². The molecule has 7 heteroatoms. The Kier molecular flexibility index (Phi) is 3.15. The average Bonchev–Trinajstić information content (AvgIpc) is 2.35. The summed E-state index contributed by atoms with van der Waals surface area (Å²) in [5.74, 6) is 0.587. The zero-order chi connectivity index (χ0) is 9.19. The highest BCUT2D eigenvalue weighted by Gasteiger charge is 2.25. The molecule has 68 valence electrons. The van der Waals surface area contributed by atoms with Gasteiger partial charge in [0.25, 0.3) is 0 Å². The molecule has 0 unspecified atom stereocenters. The Bertz CT molecular complexity index is 253. The molecule has 0 bridgehead atoms. The van der Waals surface area contributed by atoms with Crippen LogP contribution in [0.5, 0.6) is 0 Å². The molecule has 0 aromatic carbocycles. The van der Waals surface area contributed by atoms with Crippen LogP contribution in [0.2, 0.25) is 0 Å². The van der Waals surface area contributed by atoms with Gasteiger partial charge in [-0.2, -0.15) is 0 Å². The third kappa shape index (κ3) is 2.47. The summed E-state index contributed by atoms with van der Waals surface area (Å²) in [4.78, 5) is 0.961. The number of hydrogen-bond donors (Lipinski definition) is 0. The van der Waals surface area contributed by atoms with Gasteiger partial charge in [0.05, 0.1) is 0 Å². The van der Waals surface area contributed by atoms with Gasteiger partial charge in [0.2, 0.25) is 0 Å². The fraction of sp³-hybridized carbons (Fsp3) is 0.800. The lowest BCUT2D eigenvalue weighted by Gasteiger charge is -2.06. The second-order valence-electron chi connectivity index (χ2n) is 2.21. The van der Waals surface area contributed by atoms with Crippen LogP contribution in [-0.2, 0) is 10.3 Å². The van der Waals surface area contributed by atoms with Crippen LogP contribution < -0.4 is 0 Å². The molecule has 0 saturated heterocycles. The molecule has 0 fully saturated rings. The number of hydrogen-bond acceptors (Lipinski definition) is 3. The highest BCUT2D eigenvalue weighted by Crippen LogP contribution is 2.29. The van der Waals surface area contributed by atoms with E-state index in [1.165, 1.54) is 0 Å². The van der Waals surface area contributed by atoms with E-state index in [1.54, 1.807) is 0 Å². The number of tetrazole rings is 1. The monoisotopic (exact) mass is 228 g/mol. The Morgan fingerprint density at radius 1 is 1.42 bits per heavy atom. The van der Waals surface area contributed by atoms with Crippen LogP contribution in [-0.4, -0.2) is 20.2 Å². The van der Waals surface area contributed by atoms with Crippen LogP contribution in [0.4, 0.5) is 0 Å². The van der Waals surface area contributed by atoms with Gasteiger partial charge in [-0.15, -0.1) is 15.0 Å². The summed E-state index contributed by atoms with van der Waals surface area (Å²) in [6.45, 7) is 2.01. The molecule has 0 N–H and O–H groups in total. The fourth-order valence-electron chi connectivity index (χ4n) is 0.674. The molecule has 1 aromatic heterocycles. The Morgan fingerprint density at radius 2 is 2.08 bits per heavy atom. The van der Waals surface area contributed by atoms with E-state index in [9.17, 15) is 0 Å². The number of rotatable bonds is 2. The molecule has 0 saturated carbocycles. The SMILES string of the molecule is CCCc1nnn(C(Cl)(Cl)Cl)n1. The van der Waals surface area contributed by atoms with Crippen LogP contribution in [0.1, 0.15) is 19.2 Å². The molecular weight excluding hydrogens is 222 g/mol. The number of aromatic nitrogens is 4. The Morgan fingerprint density at radius 3 is 2.50 bits per heavy atom. The summed E-state index contributed by atoms with van der Waals surface area (Å²) >= 11 is 16.5. The van der Waals surface area contributed by atoms with E-state index in [0.717, 1.165) is 17.6 Å². The van der Waals surface area contributed by atoms with E-state index in [4.69, 9.17) is 34.8 Å². The first-order valence-corrected chi connectivity index (χ1v) is 4.53. The molecule has 0 aliphatic carbocycles. The van der Waals surface area contributed by atoms with Gasteiger partial charge in [-0.05, 0) is 11.6 Å². The molecule has 0 atom stereocenters. The number of aryl methyl sites for hydroxylation is 1. The van der Waals surface area contributed by atoms with Gasteiger partial charge in [-0.3, -0.25) is 0 Å². The summed E-state index contributed by atoms with van der Waals surface area (Å²) in [6.07, 6.45) is 1.67. The highest BCUT2D eigenvalue weighted by atomic mass is 35.6. The van der Waals surface area contributed by atoms with Crippen molar-refractivity contribution in [2.24, 2.45) is 0 Å². The van der Waals surface area contributed by atoms with Crippen LogP contribution in [0.15, 0.2) is 0 Å². The fourth-order valence-corrected chi connectivity index (χ4v) is 0.889. The summed E-state index contributed by atoms with van der Waals surface area (Å²) in [5.41, 5.74) is 0. The maximum absolute atomic E-state index is 5.50. The van der Waals surface area contributed by atoms with E-state index in [0.29, 0.717) is 5.82 Å².